The highest BCUT2D eigenvalue weighted by molar-refractivity contribution is 7.14. The first-order valence-electron chi connectivity index (χ1n) is 7.14. The van der Waals surface area contributed by atoms with Gasteiger partial charge in [-0.25, -0.2) is 0 Å². The number of nitrogens with zero attached hydrogens (tertiary/aromatic N) is 1. The molecule has 0 atom stereocenters. The predicted molar refractivity (Wildman–Crippen MR) is 94.4 cm³/mol. The zero-order valence-corrected chi connectivity index (χ0v) is 13.4. The van der Waals surface area contributed by atoms with Gasteiger partial charge in [-0.05, 0) is 54.0 Å². The van der Waals surface area contributed by atoms with E-state index < -0.39 is 0 Å². The van der Waals surface area contributed by atoms with Crippen LogP contribution in [0.2, 0.25) is 0 Å². The van der Waals surface area contributed by atoms with Crippen LogP contribution in [-0.4, -0.2) is 5.91 Å². The van der Waals surface area contributed by atoms with E-state index in [2.05, 4.69) is 23.5 Å². The standard InChI is InChI=1S/C19H14N2OS/c1-13-10-15(11-14-4-2-3-5-14)6-8-17(13)21-19(22)18-9-7-16(12-20)23-18/h2-11H,1H3,(H,21,22). The van der Waals surface area contributed by atoms with Crippen molar-refractivity contribution in [2.45, 2.75) is 6.92 Å². The van der Waals surface area contributed by atoms with Crippen molar-refractivity contribution in [3.8, 4) is 6.07 Å². The molecule has 1 amide bonds. The van der Waals surface area contributed by atoms with Crippen LogP contribution in [0.15, 0.2) is 60.2 Å². The zero-order chi connectivity index (χ0) is 16.2. The Morgan fingerprint density at radius 2 is 2.00 bits per heavy atom. The minimum atomic E-state index is -0.188. The van der Waals surface area contributed by atoms with Crippen molar-refractivity contribution in [1.29, 1.82) is 5.26 Å². The lowest BCUT2D eigenvalue weighted by atomic mass is 10.1. The van der Waals surface area contributed by atoms with Gasteiger partial charge in [0.2, 0.25) is 0 Å². The van der Waals surface area contributed by atoms with E-state index in [1.54, 1.807) is 12.1 Å². The topological polar surface area (TPSA) is 52.9 Å². The first kappa shape index (κ1) is 15.0. The number of amides is 1. The van der Waals surface area contributed by atoms with Crippen LogP contribution in [0.25, 0.3) is 6.08 Å². The lowest BCUT2D eigenvalue weighted by Gasteiger charge is -2.08. The van der Waals surface area contributed by atoms with E-state index in [0.717, 1.165) is 22.4 Å². The molecule has 0 radical (unpaired) electrons. The molecule has 1 heterocycles. The Balaban J connectivity index is 1.77. The number of carbonyl (C=O) groups excluding carboxylic acids is 1. The maximum absolute atomic E-state index is 12.2. The summed E-state index contributed by atoms with van der Waals surface area (Å²) in [6.45, 7) is 1.97. The molecule has 0 spiro atoms. The molecule has 1 aromatic carbocycles. The van der Waals surface area contributed by atoms with Gasteiger partial charge in [0.25, 0.3) is 5.91 Å². The predicted octanol–water partition coefficient (Wildman–Crippen LogP) is 4.69. The van der Waals surface area contributed by atoms with Crippen molar-refractivity contribution >= 4 is 29.0 Å². The summed E-state index contributed by atoms with van der Waals surface area (Å²) in [5.74, 6) is -0.188. The molecule has 3 rings (SSSR count). The van der Waals surface area contributed by atoms with Gasteiger partial charge < -0.3 is 5.32 Å². The van der Waals surface area contributed by atoms with Gasteiger partial charge >= 0.3 is 0 Å². The summed E-state index contributed by atoms with van der Waals surface area (Å²) >= 11 is 1.19. The van der Waals surface area contributed by atoms with E-state index >= 15 is 0 Å². The molecular weight excluding hydrogens is 304 g/mol. The summed E-state index contributed by atoms with van der Waals surface area (Å²) in [7, 11) is 0. The highest BCUT2D eigenvalue weighted by atomic mass is 32.1. The van der Waals surface area contributed by atoms with Crippen molar-refractivity contribution < 1.29 is 4.79 Å². The Morgan fingerprint density at radius 1 is 1.22 bits per heavy atom. The number of aryl methyl sites for hydroxylation is 1. The van der Waals surface area contributed by atoms with Gasteiger partial charge in [-0.2, -0.15) is 5.26 Å². The van der Waals surface area contributed by atoms with Crippen LogP contribution >= 0.6 is 11.3 Å². The van der Waals surface area contributed by atoms with Gasteiger partial charge in [0, 0.05) is 5.69 Å². The molecule has 0 unspecified atom stereocenters. The van der Waals surface area contributed by atoms with E-state index in [9.17, 15) is 4.79 Å². The van der Waals surface area contributed by atoms with E-state index in [0.29, 0.717) is 9.75 Å². The fraction of sp³-hybridized carbons (Fsp3) is 0.0526. The number of hydrogen-bond acceptors (Lipinski definition) is 3. The number of thiophene rings is 1. The number of carbonyl (C=O) groups is 1. The molecule has 1 aliphatic carbocycles. The molecular formula is C19H14N2OS. The first-order chi connectivity index (χ1) is 11.2. The Kier molecular flexibility index (Phi) is 4.22. The molecule has 1 N–H and O–H groups in total. The monoisotopic (exact) mass is 318 g/mol. The molecule has 1 aromatic heterocycles. The molecule has 0 saturated heterocycles. The third-order valence-corrected chi connectivity index (χ3v) is 4.45. The maximum Gasteiger partial charge on any atom is 0.265 e. The van der Waals surface area contributed by atoms with Gasteiger partial charge in [-0.1, -0.05) is 30.4 Å². The molecule has 3 nitrogen and oxygen atoms in total. The van der Waals surface area contributed by atoms with Crippen molar-refractivity contribution in [1.82, 2.24) is 0 Å². The summed E-state index contributed by atoms with van der Waals surface area (Å²) in [5.41, 5.74) is 4.02. The van der Waals surface area contributed by atoms with E-state index in [1.165, 1.54) is 11.3 Å². The number of rotatable bonds is 3. The second-order valence-electron chi connectivity index (χ2n) is 5.17. The zero-order valence-electron chi connectivity index (χ0n) is 12.5. The van der Waals surface area contributed by atoms with Crippen molar-refractivity contribution in [3.63, 3.8) is 0 Å². The van der Waals surface area contributed by atoms with Gasteiger partial charge in [0.05, 0.1) is 4.88 Å². The highest BCUT2D eigenvalue weighted by Crippen LogP contribution is 2.22. The summed E-state index contributed by atoms with van der Waals surface area (Å²) in [6, 6.07) is 11.3. The van der Waals surface area contributed by atoms with Crippen LogP contribution in [0.1, 0.15) is 25.7 Å². The van der Waals surface area contributed by atoms with Crippen LogP contribution < -0.4 is 5.32 Å². The molecule has 1 aliphatic rings. The smallest absolute Gasteiger partial charge is 0.265 e. The summed E-state index contributed by atoms with van der Waals surface area (Å²) in [5, 5.41) is 11.7. The number of benzene rings is 1. The Morgan fingerprint density at radius 3 is 2.65 bits per heavy atom. The van der Waals surface area contributed by atoms with E-state index in [1.807, 2.05) is 43.3 Å². The lowest BCUT2D eigenvalue weighted by Crippen LogP contribution is -2.11. The maximum atomic E-state index is 12.2. The Labute approximate surface area is 138 Å². The van der Waals surface area contributed by atoms with Gasteiger partial charge in [-0.15, -0.1) is 11.3 Å². The molecule has 0 fully saturated rings. The second-order valence-corrected chi connectivity index (χ2v) is 6.25. The summed E-state index contributed by atoms with van der Waals surface area (Å²) in [6.07, 6.45) is 10.2. The summed E-state index contributed by atoms with van der Waals surface area (Å²) < 4.78 is 0. The number of anilines is 1. The fourth-order valence-electron chi connectivity index (χ4n) is 2.30. The largest absolute Gasteiger partial charge is 0.321 e. The van der Waals surface area contributed by atoms with Crippen LogP contribution in [0.5, 0.6) is 0 Å². The van der Waals surface area contributed by atoms with E-state index in [4.69, 9.17) is 5.26 Å². The van der Waals surface area contributed by atoms with Gasteiger partial charge in [0.15, 0.2) is 0 Å². The summed E-state index contributed by atoms with van der Waals surface area (Å²) in [4.78, 5) is 13.3. The molecule has 0 bridgehead atoms. The van der Waals surface area contributed by atoms with Crippen molar-refractivity contribution in [2.24, 2.45) is 0 Å². The lowest BCUT2D eigenvalue weighted by molar-refractivity contribution is 0.103. The van der Waals surface area contributed by atoms with E-state index in [-0.39, 0.29) is 5.91 Å². The normalized spacial score (nSPS) is 12.3. The fourth-order valence-corrected chi connectivity index (χ4v) is 3.00. The van der Waals surface area contributed by atoms with Crippen molar-refractivity contribution in [2.75, 3.05) is 5.32 Å². The second kappa shape index (κ2) is 6.47. The molecule has 2 aromatic rings. The quantitative estimate of drug-likeness (QED) is 0.892. The minimum Gasteiger partial charge on any atom is -0.321 e. The average molecular weight is 318 g/mol. The third-order valence-electron chi connectivity index (χ3n) is 3.46. The third kappa shape index (κ3) is 3.47. The number of allylic oxidation sites excluding steroid dienone is 5. The van der Waals surface area contributed by atoms with Crippen LogP contribution in [0.3, 0.4) is 0 Å². The van der Waals surface area contributed by atoms with Crippen LogP contribution in [0.4, 0.5) is 5.69 Å². The molecule has 23 heavy (non-hydrogen) atoms. The molecule has 0 aliphatic heterocycles. The van der Waals surface area contributed by atoms with Crippen molar-refractivity contribution in [3.05, 3.63) is 81.1 Å². The van der Waals surface area contributed by atoms with Crippen LogP contribution in [0, 0.1) is 18.3 Å². The van der Waals surface area contributed by atoms with Crippen LogP contribution in [-0.2, 0) is 0 Å². The SMILES string of the molecule is Cc1cc(C=C2C=CC=C2)ccc1NC(=O)c1ccc(C#N)s1. The average Bonchev–Trinajstić information content (AvgIpc) is 3.21. The Bertz CT molecular complexity index is 880. The molecule has 4 heteroatoms. The Hall–Kier alpha value is -2.90. The van der Waals surface area contributed by atoms with Gasteiger partial charge in [-0.3, -0.25) is 4.79 Å². The van der Waals surface area contributed by atoms with Gasteiger partial charge in [0.1, 0.15) is 10.9 Å². The highest BCUT2D eigenvalue weighted by Gasteiger charge is 2.10. The molecule has 112 valence electrons. The number of hydrogen-bond donors (Lipinski definition) is 1. The molecule has 0 saturated carbocycles. The minimum absolute atomic E-state index is 0.188. The number of nitriles is 1. The first-order valence-corrected chi connectivity index (χ1v) is 7.96. The number of nitrogens with one attached hydrogen (secondary N) is 1.